The van der Waals surface area contributed by atoms with Gasteiger partial charge in [-0.1, -0.05) is 36.4 Å². The van der Waals surface area contributed by atoms with Crippen molar-refractivity contribution in [2.24, 2.45) is 5.10 Å². The molecule has 0 aliphatic heterocycles. The van der Waals surface area contributed by atoms with E-state index in [0.29, 0.717) is 10.7 Å². The van der Waals surface area contributed by atoms with Crippen molar-refractivity contribution < 1.29 is 8.78 Å². The van der Waals surface area contributed by atoms with Gasteiger partial charge in [0, 0.05) is 10.9 Å². The lowest BCUT2D eigenvalue weighted by Crippen LogP contribution is -1.92. The Morgan fingerprint density at radius 1 is 1.05 bits per heavy atom. The minimum atomic E-state index is -0.899. The Labute approximate surface area is 130 Å². The van der Waals surface area contributed by atoms with Crippen LogP contribution < -0.4 is 5.43 Å². The maximum absolute atomic E-state index is 13.1. The molecule has 0 amide bonds. The number of nitrogens with one attached hydrogen (secondary N) is 1. The van der Waals surface area contributed by atoms with E-state index in [-0.39, 0.29) is 0 Å². The van der Waals surface area contributed by atoms with Crippen LogP contribution in [0, 0.1) is 11.6 Å². The van der Waals surface area contributed by atoms with Crippen LogP contribution in [0.15, 0.2) is 59.0 Å². The number of hydrogen-bond donors (Lipinski definition) is 1. The first-order valence-corrected chi connectivity index (χ1v) is 7.35. The van der Waals surface area contributed by atoms with Crippen LogP contribution in [0.4, 0.5) is 13.9 Å². The number of anilines is 1. The summed E-state index contributed by atoms with van der Waals surface area (Å²) in [5.41, 5.74) is 5.12. The molecule has 0 saturated heterocycles. The van der Waals surface area contributed by atoms with E-state index in [4.69, 9.17) is 0 Å². The molecule has 3 aromatic rings. The normalized spacial score (nSPS) is 11.0. The smallest absolute Gasteiger partial charge is 0.203 e. The first-order valence-electron chi connectivity index (χ1n) is 6.47. The molecule has 22 heavy (non-hydrogen) atoms. The molecule has 1 N–H and O–H groups in total. The lowest BCUT2D eigenvalue weighted by atomic mass is 10.2. The monoisotopic (exact) mass is 315 g/mol. The third-order valence-electron chi connectivity index (χ3n) is 2.89. The van der Waals surface area contributed by atoms with Crippen LogP contribution in [0.1, 0.15) is 5.56 Å². The fraction of sp³-hybridized carbons (Fsp3) is 0. The summed E-state index contributed by atoms with van der Waals surface area (Å²) in [5.74, 6) is -1.78. The number of hydrazone groups is 1. The van der Waals surface area contributed by atoms with Crippen LogP contribution in [0.3, 0.4) is 0 Å². The zero-order valence-electron chi connectivity index (χ0n) is 11.3. The summed E-state index contributed by atoms with van der Waals surface area (Å²) in [6.45, 7) is 0. The summed E-state index contributed by atoms with van der Waals surface area (Å²) in [7, 11) is 0. The molecular formula is C16H11F2N3S. The summed E-state index contributed by atoms with van der Waals surface area (Å²) >= 11 is 1.42. The second-order valence-electron chi connectivity index (χ2n) is 4.45. The molecule has 0 saturated carbocycles. The molecule has 110 valence electrons. The van der Waals surface area contributed by atoms with Gasteiger partial charge < -0.3 is 0 Å². The molecule has 1 heterocycles. The summed E-state index contributed by atoms with van der Waals surface area (Å²) in [5, 5.41) is 6.52. The van der Waals surface area contributed by atoms with E-state index in [0.717, 1.165) is 23.4 Å². The molecule has 2 aromatic carbocycles. The van der Waals surface area contributed by atoms with Crippen molar-refractivity contribution >= 4 is 22.7 Å². The SMILES string of the molecule is Fc1ccc(C=NNc2nc(-c3ccccc3)cs2)cc1F. The van der Waals surface area contributed by atoms with Crippen molar-refractivity contribution in [2.75, 3.05) is 5.43 Å². The van der Waals surface area contributed by atoms with Gasteiger partial charge in [-0.2, -0.15) is 5.10 Å². The van der Waals surface area contributed by atoms with E-state index in [1.807, 2.05) is 35.7 Å². The van der Waals surface area contributed by atoms with Crippen molar-refractivity contribution in [3.8, 4) is 11.3 Å². The van der Waals surface area contributed by atoms with Crippen LogP contribution in [0.2, 0.25) is 0 Å². The standard InChI is InChI=1S/C16H11F2N3S/c17-13-7-6-11(8-14(13)18)9-19-21-16-20-15(10-22-16)12-4-2-1-3-5-12/h1-10H,(H,20,21). The minimum absolute atomic E-state index is 0.464. The largest absolute Gasteiger partial charge is 0.253 e. The van der Waals surface area contributed by atoms with Gasteiger partial charge in [0.15, 0.2) is 11.6 Å². The molecule has 0 atom stereocenters. The summed E-state index contributed by atoms with van der Waals surface area (Å²) in [4.78, 5) is 4.40. The maximum atomic E-state index is 13.1. The number of aromatic nitrogens is 1. The van der Waals surface area contributed by atoms with Crippen LogP contribution in [0.25, 0.3) is 11.3 Å². The Bertz CT molecular complexity index is 800. The molecule has 3 rings (SSSR count). The van der Waals surface area contributed by atoms with Gasteiger partial charge in [-0.3, -0.25) is 5.43 Å². The average molecular weight is 315 g/mol. The third-order valence-corrected chi connectivity index (χ3v) is 3.64. The van der Waals surface area contributed by atoms with Crippen molar-refractivity contribution in [2.45, 2.75) is 0 Å². The Morgan fingerprint density at radius 2 is 1.86 bits per heavy atom. The van der Waals surface area contributed by atoms with Gasteiger partial charge in [0.1, 0.15) is 0 Å². The summed E-state index contributed by atoms with van der Waals surface area (Å²) in [6, 6.07) is 13.4. The number of rotatable bonds is 4. The average Bonchev–Trinajstić information content (AvgIpc) is 3.01. The van der Waals surface area contributed by atoms with Gasteiger partial charge in [0.2, 0.25) is 5.13 Å². The molecule has 1 aromatic heterocycles. The number of thiazole rings is 1. The van der Waals surface area contributed by atoms with Gasteiger partial charge in [-0.25, -0.2) is 13.8 Å². The lowest BCUT2D eigenvalue weighted by Gasteiger charge is -1.96. The predicted octanol–water partition coefficient (Wildman–Crippen LogP) is 4.53. The lowest BCUT2D eigenvalue weighted by molar-refractivity contribution is 0.508. The summed E-state index contributed by atoms with van der Waals surface area (Å²) in [6.07, 6.45) is 1.41. The molecule has 0 spiro atoms. The van der Waals surface area contributed by atoms with E-state index >= 15 is 0 Å². The first kappa shape index (κ1) is 14.3. The van der Waals surface area contributed by atoms with Gasteiger partial charge >= 0.3 is 0 Å². The number of benzene rings is 2. The molecule has 0 unspecified atom stereocenters. The molecule has 6 heteroatoms. The van der Waals surface area contributed by atoms with E-state index in [9.17, 15) is 8.78 Å². The van der Waals surface area contributed by atoms with Crippen LogP contribution in [0.5, 0.6) is 0 Å². The second-order valence-corrected chi connectivity index (χ2v) is 5.31. The minimum Gasteiger partial charge on any atom is -0.253 e. The Hall–Kier alpha value is -2.60. The molecule has 0 bridgehead atoms. The van der Waals surface area contributed by atoms with Gasteiger partial charge in [0.05, 0.1) is 11.9 Å². The number of nitrogens with zero attached hydrogens (tertiary/aromatic N) is 2. The van der Waals surface area contributed by atoms with Crippen LogP contribution >= 0.6 is 11.3 Å². The van der Waals surface area contributed by atoms with Crippen molar-refractivity contribution in [3.05, 3.63) is 71.1 Å². The fourth-order valence-electron chi connectivity index (χ4n) is 1.82. The maximum Gasteiger partial charge on any atom is 0.203 e. The van der Waals surface area contributed by atoms with Gasteiger partial charge in [0.25, 0.3) is 0 Å². The predicted molar refractivity (Wildman–Crippen MR) is 85.1 cm³/mol. The Balaban J connectivity index is 1.68. The van der Waals surface area contributed by atoms with E-state index in [1.165, 1.54) is 23.6 Å². The number of halogens is 2. The van der Waals surface area contributed by atoms with Crippen LogP contribution in [-0.2, 0) is 0 Å². The highest BCUT2D eigenvalue weighted by molar-refractivity contribution is 7.14. The Morgan fingerprint density at radius 3 is 2.64 bits per heavy atom. The number of hydrogen-bond acceptors (Lipinski definition) is 4. The first-order chi connectivity index (χ1) is 10.7. The van der Waals surface area contributed by atoms with E-state index in [1.54, 1.807) is 0 Å². The molecule has 0 aliphatic carbocycles. The zero-order chi connectivity index (χ0) is 15.4. The van der Waals surface area contributed by atoms with Gasteiger partial charge in [-0.05, 0) is 17.7 Å². The van der Waals surface area contributed by atoms with Crippen LogP contribution in [-0.4, -0.2) is 11.2 Å². The zero-order valence-corrected chi connectivity index (χ0v) is 12.1. The highest BCUT2D eigenvalue weighted by Gasteiger charge is 2.03. The third kappa shape index (κ3) is 3.35. The van der Waals surface area contributed by atoms with E-state index in [2.05, 4.69) is 15.5 Å². The highest BCUT2D eigenvalue weighted by Crippen LogP contribution is 2.24. The van der Waals surface area contributed by atoms with E-state index < -0.39 is 11.6 Å². The van der Waals surface area contributed by atoms with Gasteiger partial charge in [-0.15, -0.1) is 11.3 Å². The molecular weight excluding hydrogens is 304 g/mol. The van der Waals surface area contributed by atoms with Crippen molar-refractivity contribution in [1.29, 1.82) is 0 Å². The molecule has 3 nitrogen and oxygen atoms in total. The molecule has 0 aliphatic rings. The Kier molecular flexibility index (Phi) is 4.20. The quantitative estimate of drug-likeness (QED) is 0.567. The second kappa shape index (κ2) is 6.44. The highest BCUT2D eigenvalue weighted by atomic mass is 32.1. The fourth-order valence-corrected chi connectivity index (χ4v) is 2.49. The van der Waals surface area contributed by atoms with Crippen molar-refractivity contribution in [1.82, 2.24) is 4.98 Å². The topological polar surface area (TPSA) is 37.3 Å². The summed E-state index contributed by atoms with van der Waals surface area (Å²) < 4.78 is 25.9. The molecule has 0 radical (unpaired) electrons. The van der Waals surface area contributed by atoms with Crippen molar-refractivity contribution in [3.63, 3.8) is 0 Å². The molecule has 0 fully saturated rings.